The zero-order valence-electron chi connectivity index (χ0n) is 20.2. The molecule has 11 heteroatoms. The first-order valence-electron chi connectivity index (χ1n) is 11.9. The third-order valence-electron chi connectivity index (χ3n) is 6.60. The molecule has 2 aromatic heterocycles. The number of carbonyl (C=O) groups is 2. The topological polar surface area (TPSA) is 134 Å². The fraction of sp³-hybridized carbons (Fsp3) is 0.231. The molecular weight excluding hydrogens is 474 g/mol. The van der Waals surface area contributed by atoms with E-state index in [0.29, 0.717) is 29.0 Å². The van der Waals surface area contributed by atoms with Gasteiger partial charge in [-0.3, -0.25) is 24.7 Å². The number of amides is 2. The zero-order valence-corrected chi connectivity index (χ0v) is 20.2. The number of para-hydroxylation sites is 1. The summed E-state index contributed by atoms with van der Waals surface area (Å²) in [6.07, 6.45) is -1.07. The Balaban J connectivity index is 1.27. The van der Waals surface area contributed by atoms with Gasteiger partial charge >= 0.3 is 0 Å². The normalized spacial score (nSPS) is 21.1. The van der Waals surface area contributed by atoms with Crippen molar-refractivity contribution in [1.29, 1.82) is 0 Å². The number of nitrogens with zero attached hydrogens (tertiary/aromatic N) is 3. The summed E-state index contributed by atoms with van der Waals surface area (Å²) in [5.74, 6) is -0.850. The van der Waals surface area contributed by atoms with Crippen LogP contribution in [-0.2, 0) is 4.79 Å². The average molecular weight is 500 g/mol. The molecule has 4 N–H and O–H groups in total. The van der Waals surface area contributed by atoms with E-state index in [2.05, 4.69) is 26.5 Å². The van der Waals surface area contributed by atoms with E-state index in [-0.39, 0.29) is 29.2 Å². The number of hydrazine groups is 1. The highest BCUT2D eigenvalue weighted by Crippen LogP contribution is 2.28. The van der Waals surface area contributed by atoms with E-state index in [4.69, 9.17) is 4.42 Å². The molecule has 3 unspecified atom stereocenters. The van der Waals surface area contributed by atoms with Crippen molar-refractivity contribution < 1.29 is 14.0 Å². The molecule has 4 heterocycles. The van der Waals surface area contributed by atoms with Gasteiger partial charge in [0.2, 0.25) is 5.91 Å². The Labute approximate surface area is 211 Å². The van der Waals surface area contributed by atoms with Gasteiger partial charge in [-0.15, -0.1) is 0 Å². The van der Waals surface area contributed by atoms with Crippen molar-refractivity contribution in [3.8, 4) is 0 Å². The van der Waals surface area contributed by atoms with Gasteiger partial charge in [-0.25, -0.2) is 10.1 Å². The standard InChI is InChI=1S/C26H25N7O4/c1-14-7-9-16(10-8-14)32-23-18(13-27-32)24(35)30-26(29-23)33-22(11-15(2)31-33)28-25(36)21-12-19(34)17-5-3-4-6-20(17)37-21/h3-12,18,23,26-27,29H,13H2,1-2H3,(H,28,36)(H,30,35). The molecule has 2 aromatic carbocycles. The maximum atomic E-state index is 13.1. The van der Waals surface area contributed by atoms with Crippen molar-refractivity contribution in [3.63, 3.8) is 0 Å². The molecule has 4 aromatic rings. The second-order valence-corrected chi connectivity index (χ2v) is 9.24. The molecule has 2 aliphatic rings. The number of nitrogens with one attached hydrogen (secondary N) is 4. The van der Waals surface area contributed by atoms with Crippen LogP contribution >= 0.6 is 0 Å². The fourth-order valence-corrected chi connectivity index (χ4v) is 4.75. The predicted octanol–water partition coefficient (Wildman–Crippen LogP) is 2.00. The van der Waals surface area contributed by atoms with Gasteiger partial charge in [0.15, 0.2) is 17.5 Å². The van der Waals surface area contributed by atoms with Crippen LogP contribution in [0.25, 0.3) is 11.0 Å². The van der Waals surface area contributed by atoms with E-state index >= 15 is 0 Å². The van der Waals surface area contributed by atoms with E-state index in [9.17, 15) is 14.4 Å². The largest absolute Gasteiger partial charge is 0.451 e. The second-order valence-electron chi connectivity index (χ2n) is 9.24. The molecule has 3 atom stereocenters. The third-order valence-corrected chi connectivity index (χ3v) is 6.60. The highest BCUT2D eigenvalue weighted by Gasteiger charge is 2.45. The molecule has 188 valence electrons. The van der Waals surface area contributed by atoms with Crippen molar-refractivity contribution in [1.82, 2.24) is 25.8 Å². The highest BCUT2D eigenvalue weighted by atomic mass is 16.3. The maximum Gasteiger partial charge on any atom is 0.292 e. The molecule has 2 aliphatic heterocycles. The number of hydrogen-bond acceptors (Lipinski definition) is 8. The van der Waals surface area contributed by atoms with Gasteiger partial charge in [0.25, 0.3) is 5.91 Å². The van der Waals surface area contributed by atoms with Crippen LogP contribution in [0.3, 0.4) is 0 Å². The molecule has 0 bridgehead atoms. The molecule has 0 saturated carbocycles. The lowest BCUT2D eigenvalue weighted by molar-refractivity contribution is -0.129. The molecule has 2 fully saturated rings. The first kappa shape index (κ1) is 23.0. The molecule has 11 nitrogen and oxygen atoms in total. The number of carbonyl (C=O) groups excluding carboxylic acids is 2. The zero-order chi connectivity index (χ0) is 25.7. The molecule has 0 aliphatic carbocycles. The summed E-state index contributed by atoms with van der Waals surface area (Å²) in [6, 6.07) is 17.6. The SMILES string of the molecule is Cc1ccc(N2NCC3C(=O)NC(n4nc(C)cc4NC(=O)c4cc(=O)c5ccccc5o4)NC32)cc1. The van der Waals surface area contributed by atoms with Crippen molar-refractivity contribution >= 4 is 34.3 Å². The van der Waals surface area contributed by atoms with Gasteiger partial charge < -0.3 is 15.1 Å². The lowest BCUT2D eigenvalue weighted by Gasteiger charge is -2.37. The average Bonchev–Trinajstić information content (AvgIpc) is 3.48. The first-order chi connectivity index (χ1) is 17.9. The number of aromatic nitrogens is 2. The summed E-state index contributed by atoms with van der Waals surface area (Å²) in [5.41, 5.74) is 6.01. The summed E-state index contributed by atoms with van der Waals surface area (Å²) in [4.78, 5) is 38.5. The van der Waals surface area contributed by atoms with E-state index in [1.54, 1.807) is 37.3 Å². The van der Waals surface area contributed by atoms with E-state index in [1.165, 1.54) is 10.7 Å². The summed E-state index contributed by atoms with van der Waals surface area (Å²) in [6.45, 7) is 4.28. The van der Waals surface area contributed by atoms with Crippen molar-refractivity contribution in [3.05, 3.63) is 87.9 Å². The number of rotatable bonds is 4. The number of hydrogen-bond donors (Lipinski definition) is 4. The summed E-state index contributed by atoms with van der Waals surface area (Å²) < 4.78 is 7.18. The monoisotopic (exact) mass is 499 g/mol. The summed E-state index contributed by atoms with van der Waals surface area (Å²) >= 11 is 0. The van der Waals surface area contributed by atoms with E-state index in [1.807, 2.05) is 36.2 Å². The van der Waals surface area contributed by atoms with Gasteiger partial charge in [0.05, 0.1) is 22.7 Å². The van der Waals surface area contributed by atoms with Gasteiger partial charge in [-0.1, -0.05) is 29.8 Å². The Bertz CT molecular complexity index is 1580. The number of benzene rings is 2. The van der Waals surface area contributed by atoms with Crippen LogP contribution in [0.4, 0.5) is 11.5 Å². The minimum atomic E-state index is -0.728. The smallest absolute Gasteiger partial charge is 0.292 e. The Morgan fingerprint density at radius 1 is 1.08 bits per heavy atom. The van der Waals surface area contributed by atoms with E-state index < -0.39 is 12.2 Å². The Hall–Kier alpha value is -4.48. The lowest BCUT2D eigenvalue weighted by atomic mass is 10.0. The highest BCUT2D eigenvalue weighted by molar-refractivity contribution is 6.02. The van der Waals surface area contributed by atoms with Crippen LogP contribution in [0, 0.1) is 19.8 Å². The van der Waals surface area contributed by atoms with Crippen molar-refractivity contribution in [2.45, 2.75) is 26.3 Å². The number of aryl methyl sites for hydroxylation is 2. The fourth-order valence-electron chi connectivity index (χ4n) is 4.75. The van der Waals surface area contributed by atoms with Crippen LogP contribution in [-0.4, -0.2) is 34.3 Å². The Morgan fingerprint density at radius 3 is 2.68 bits per heavy atom. The van der Waals surface area contributed by atoms with Crippen LogP contribution in [0.5, 0.6) is 0 Å². The molecule has 6 rings (SSSR count). The van der Waals surface area contributed by atoms with Gasteiger partial charge in [-0.2, -0.15) is 5.10 Å². The lowest BCUT2D eigenvalue weighted by Crippen LogP contribution is -2.61. The van der Waals surface area contributed by atoms with Crippen molar-refractivity contribution in [2.24, 2.45) is 5.92 Å². The van der Waals surface area contributed by atoms with Gasteiger partial charge in [0, 0.05) is 18.7 Å². The van der Waals surface area contributed by atoms with Gasteiger partial charge in [-0.05, 0) is 38.1 Å². The first-order valence-corrected chi connectivity index (χ1v) is 11.9. The molecule has 2 saturated heterocycles. The summed E-state index contributed by atoms with van der Waals surface area (Å²) in [5, 5.41) is 16.0. The van der Waals surface area contributed by atoms with Crippen LogP contribution in [0.1, 0.15) is 28.1 Å². The second kappa shape index (κ2) is 8.87. The summed E-state index contributed by atoms with van der Waals surface area (Å²) in [7, 11) is 0. The third kappa shape index (κ3) is 4.13. The molecule has 0 radical (unpaired) electrons. The minimum absolute atomic E-state index is 0.125. The number of anilines is 2. The minimum Gasteiger partial charge on any atom is -0.451 e. The quantitative estimate of drug-likeness (QED) is 0.335. The van der Waals surface area contributed by atoms with Crippen LogP contribution in [0.2, 0.25) is 0 Å². The molecular formula is C26H25N7O4. The van der Waals surface area contributed by atoms with Gasteiger partial charge in [0.1, 0.15) is 17.6 Å². The molecule has 2 amide bonds. The van der Waals surface area contributed by atoms with Crippen molar-refractivity contribution in [2.75, 3.05) is 16.9 Å². The number of fused-ring (bicyclic) bond motifs is 2. The molecule has 0 spiro atoms. The van der Waals surface area contributed by atoms with Crippen LogP contribution in [0.15, 0.2) is 69.9 Å². The van der Waals surface area contributed by atoms with Crippen LogP contribution < -0.4 is 31.8 Å². The maximum absolute atomic E-state index is 13.1. The molecule has 37 heavy (non-hydrogen) atoms. The van der Waals surface area contributed by atoms with E-state index in [0.717, 1.165) is 11.3 Å². The Morgan fingerprint density at radius 2 is 1.86 bits per heavy atom. The predicted molar refractivity (Wildman–Crippen MR) is 137 cm³/mol. The Kier molecular flexibility index (Phi) is 5.50.